The Labute approximate surface area is 157 Å². The Morgan fingerprint density at radius 3 is 1.27 bits per heavy atom. The van der Waals surface area contributed by atoms with Crippen molar-refractivity contribution >= 4 is 23.7 Å². The molecule has 26 heavy (non-hydrogen) atoms. The second-order valence-corrected chi connectivity index (χ2v) is 6.60. The quantitative estimate of drug-likeness (QED) is 0.637. The fourth-order valence-corrected chi connectivity index (χ4v) is 2.22. The Hall–Kier alpha value is -2.74. The molecule has 0 atom stereocenters. The monoisotopic (exact) mass is 348 g/mol. The number of hydrogen-bond acceptors (Lipinski definition) is 2. The van der Waals surface area contributed by atoms with Crippen molar-refractivity contribution in [3.63, 3.8) is 0 Å². The fourth-order valence-electron chi connectivity index (χ4n) is 2.22. The van der Waals surface area contributed by atoms with Crippen LogP contribution in [0, 0.1) is 13.8 Å². The van der Waals surface area contributed by atoms with Crippen LogP contribution in [0.25, 0.3) is 12.2 Å². The van der Waals surface area contributed by atoms with Crippen LogP contribution in [-0.2, 0) is 9.59 Å². The maximum atomic E-state index is 11.0. The van der Waals surface area contributed by atoms with E-state index >= 15 is 0 Å². The van der Waals surface area contributed by atoms with Gasteiger partial charge in [-0.15, -0.1) is 0 Å². The van der Waals surface area contributed by atoms with Gasteiger partial charge in [-0.25, -0.2) is 0 Å². The third-order valence-corrected chi connectivity index (χ3v) is 3.96. The van der Waals surface area contributed by atoms with Gasteiger partial charge in [-0.05, 0) is 76.0 Å². The zero-order valence-electron chi connectivity index (χ0n) is 16.6. The lowest BCUT2D eigenvalue weighted by atomic mass is 10.1. The van der Waals surface area contributed by atoms with Crippen molar-refractivity contribution < 1.29 is 9.59 Å². The molecule has 0 aliphatic carbocycles. The van der Waals surface area contributed by atoms with Gasteiger partial charge in [-0.3, -0.25) is 9.59 Å². The van der Waals surface area contributed by atoms with Crippen LogP contribution in [0.2, 0.25) is 0 Å². The lowest BCUT2D eigenvalue weighted by molar-refractivity contribution is -0.114. The molecule has 0 heterocycles. The van der Waals surface area contributed by atoms with Gasteiger partial charge in [0.05, 0.1) is 0 Å². The van der Waals surface area contributed by atoms with Gasteiger partial charge in [-0.2, -0.15) is 0 Å². The molecule has 0 amide bonds. The second-order valence-electron chi connectivity index (χ2n) is 6.60. The molecular weight excluding hydrogens is 320 g/mol. The van der Waals surface area contributed by atoms with Crippen LogP contribution in [0.5, 0.6) is 0 Å². The third kappa shape index (κ3) is 7.89. The van der Waals surface area contributed by atoms with Gasteiger partial charge in [-0.1, -0.05) is 59.7 Å². The lowest BCUT2D eigenvalue weighted by Crippen LogP contribution is -1.90. The molecule has 2 rings (SSSR count). The molecule has 0 aliphatic rings. The predicted octanol–water partition coefficient (Wildman–Crippen LogP) is 5.97. The molecule has 0 radical (unpaired) electrons. The van der Waals surface area contributed by atoms with Crippen molar-refractivity contribution in [2.75, 3.05) is 0 Å². The summed E-state index contributed by atoms with van der Waals surface area (Å²) in [7, 11) is 0. The van der Waals surface area contributed by atoms with Gasteiger partial charge in [0, 0.05) is 0 Å². The van der Waals surface area contributed by atoms with Crippen LogP contribution in [0.1, 0.15) is 49.9 Å². The molecule has 2 aromatic carbocycles. The molecule has 0 aromatic heterocycles. The van der Waals surface area contributed by atoms with Crippen LogP contribution in [0.3, 0.4) is 0 Å². The number of carbonyl (C=O) groups excluding carboxylic acids is 2. The first-order valence-electron chi connectivity index (χ1n) is 8.71. The minimum absolute atomic E-state index is 0.126. The van der Waals surface area contributed by atoms with E-state index in [-0.39, 0.29) is 11.6 Å². The molecule has 2 heteroatoms. The topological polar surface area (TPSA) is 34.1 Å². The van der Waals surface area contributed by atoms with Crippen molar-refractivity contribution in [3.05, 3.63) is 81.9 Å². The molecule has 2 aromatic rings. The summed E-state index contributed by atoms with van der Waals surface area (Å²) in [5, 5.41) is 0. The maximum Gasteiger partial charge on any atom is 0.155 e. The van der Waals surface area contributed by atoms with Crippen molar-refractivity contribution in [1.29, 1.82) is 0 Å². The molecule has 0 aliphatic heterocycles. The highest BCUT2D eigenvalue weighted by Gasteiger charge is 1.97. The number of benzene rings is 2. The van der Waals surface area contributed by atoms with Gasteiger partial charge < -0.3 is 0 Å². The standard InChI is InChI=1S/2C12H14O/c2*1-9-5-4-6-12(7-9)8-10(2)11(3)13/h2*4-8H,1-3H3. The molecule has 2 nitrogen and oxygen atoms in total. The first kappa shape index (κ1) is 21.3. The van der Waals surface area contributed by atoms with Crippen molar-refractivity contribution in [2.24, 2.45) is 0 Å². The van der Waals surface area contributed by atoms with Crippen LogP contribution >= 0.6 is 0 Å². The Morgan fingerprint density at radius 2 is 1.00 bits per heavy atom. The summed E-state index contributed by atoms with van der Waals surface area (Å²) >= 11 is 0. The number of carbonyl (C=O) groups is 2. The molecule has 0 saturated heterocycles. The van der Waals surface area contributed by atoms with Gasteiger partial charge in [0.1, 0.15) is 0 Å². The van der Waals surface area contributed by atoms with Crippen LogP contribution in [0.4, 0.5) is 0 Å². The van der Waals surface area contributed by atoms with Crippen molar-refractivity contribution in [1.82, 2.24) is 0 Å². The summed E-state index contributed by atoms with van der Waals surface area (Å²) in [4.78, 5) is 21.9. The highest BCUT2D eigenvalue weighted by atomic mass is 16.1. The van der Waals surface area contributed by atoms with E-state index in [1.165, 1.54) is 11.1 Å². The van der Waals surface area contributed by atoms with E-state index in [4.69, 9.17) is 0 Å². The highest BCUT2D eigenvalue weighted by Crippen LogP contribution is 2.10. The van der Waals surface area contributed by atoms with Crippen LogP contribution < -0.4 is 0 Å². The molecule has 0 saturated carbocycles. The number of ketones is 2. The average molecular weight is 348 g/mol. The number of Topliss-reactive ketones (excluding diaryl/α,β-unsaturated/α-hetero) is 2. The Kier molecular flexibility index (Phi) is 8.44. The van der Waals surface area contributed by atoms with Gasteiger partial charge >= 0.3 is 0 Å². The van der Waals surface area contributed by atoms with E-state index in [1.807, 2.05) is 76.2 Å². The summed E-state index contributed by atoms with van der Waals surface area (Å²) in [6.07, 6.45) is 3.82. The Bertz CT molecular complexity index is 767. The van der Waals surface area contributed by atoms with Crippen LogP contribution in [-0.4, -0.2) is 11.6 Å². The number of allylic oxidation sites excluding steroid dienone is 2. The van der Waals surface area contributed by atoms with Crippen molar-refractivity contribution in [2.45, 2.75) is 41.5 Å². The molecule has 0 bridgehead atoms. The number of aryl methyl sites for hydroxylation is 2. The number of rotatable bonds is 4. The molecular formula is C24H28O2. The van der Waals surface area contributed by atoms with E-state index < -0.39 is 0 Å². The summed E-state index contributed by atoms with van der Waals surface area (Å²) in [5.74, 6) is 0.253. The zero-order valence-corrected chi connectivity index (χ0v) is 16.6. The SMILES string of the molecule is CC(=O)C(C)=Cc1cccc(C)c1.CC(=O)C(C)=Cc1cccc(C)c1. The van der Waals surface area contributed by atoms with Gasteiger partial charge in [0.25, 0.3) is 0 Å². The first-order chi connectivity index (χ1) is 12.2. The first-order valence-corrected chi connectivity index (χ1v) is 8.71. The van der Waals surface area contributed by atoms with Crippen molar-refractivity contribution in [3.8, 4) is 0 Å². The molecule has 0 fully saturated rings. The number of hydrogen-bond donors (Lipinski definition) is 0. The lowest BCUT2D eigenvalue weighted by Gasteiger charge is -1.97. The summed E-state index contributed by atoms with van der Waals surface area (Å²) in [6, 6.07) is 16.2. The smallest absolute Gasteiger partial charge is 0.155 e. The van der Waals surface area contributed by atoms with Gasteiger partial charge in [0.15, 0.2) is 11.6 Å². The minimum Gasteiger partial charge on any atom is -0.295 e. The van der Waals surface area contributed by atoms with Crippen LogP contribution in [0.15, 0.2) is 59.7 Å². The van der Waals surface area contributed by atoms with E-state index in [2.05, 4.69) is 12.1 Å². The Morgan fingerprint density at radius 1 is 0.654 bits per heavy atom. The minimum atomic E-state index is 0.126. The maximum absolute atomic E-state index is 11.0. The van der Waals surface area contributed by atoms with Gasteiger partial charge in [0.2, 0.25) is 0 Å². The summed E-state index contributed by atoms with van der Waals surface area (Å²) in [5.41, 5.74) is 6.20. The summed E-state index contributed by atoms with van der Waals surface area (Å²) in [6.45, 7) is 10.9. The second kappa shape index (κ2) is 10.3. The van der Waals surface area contributed by atoms with E-state index in [0.717, 1.165) is 22.3 Å². The zero-order chi connectivity index (χ0) is 19.7. The molecule has 0 spiro atoms. The molecule has 136 valence electrons. The van der Waals surface area contributed by atoms with E-state index in [1.54, 1.807) is 13.8 Å². The van der Waals surface area contributed by atoms with E-state index in [9.17, 15) is 9.59 Å². The fraction of sp³-hybridized carbons (Fsp3) is 0.250. The molecule has 0 N–H and O–H groups in total. The third-order valence-electron chi connectivity index (χ3n) is 3.96. The summed E-state index contributed by atoms with van der Waals surface area (Å²) < 4.78 is 0. The molecule has 0 unspecified atom stereocenters. The Balaban J connectivity index is 0.000000260. The normalized spacial score (nSPS) is 11.5. The largest absolute Gasteiger partial charge is 0.295 e. The predicted molar refractivity (Wildman–Crippen MR) is 111 cm³/mol. The highest BCUT2D eigenvalue weighted by molar-refractivity contribution is 5.97. The average Bonchev–Trinajstić information content (AvgIpc) is 2.55. The van der Waals surface area contributed by atoms with E-state index in [0.29, 0.717) is 0 Å².